The molecule has 0 aliphatic heterocycles. The Kier molecular flexibility index (Phi) is 4.65. The first kappa shape index (κ1) is 14.6. The molecule has 2 aromatic rings. The molecular formula is C13H10Br2O3S. The Morgan fingerprint density at radius 2 is 1.68 bits per heavy atom. The molecule has 0 heterocycles. The van der Waals surface area contributed by atoms with Gasteiger partial charge in [0.2, 0.25) is 0 Å². The van der Waals surface area contributed by atoms with Crippen molar-refractivity contribution in [2.45, 2.75) is 10.2 Å². The lowest BCUT2D eigenvalue weighted by molar-refractivity contribution is 0.482. The predicted octanol–water partition coefficient (Wildman–Crippen LogP) is 4.11. The molecule has 19 heavy (non-hydrogen) atoms. The van der Waals surface area contributed by atoms with E-state index in [9.17, 15) is 8.42 Å². The van der Waals surface area contributed by atoms with Crippen LogP contribution in [-0.4, -0.2) is 8.42 Å². The van der Waals surface area contributed by atoms with E-state index in [-0.39, 0.29) is 4.90 Å². The maximum absolute atomic E-state index is 12.2. The molecular weight excluding hydrogens is 396 g/mol. The average Bonchev–Trinajstić information content (AvgIpc) is 2.42. The SMILES string of the molecule is O=S(=O)(Oc1c(Br)cccc1CBr)c1ccccc1. The number of hydrogen-bond donors (Lipinski definition) is 0. The maximum Gasteiger partial charge on any atom is 0.339 e. The monoisotopic (exact) mass is 404 g/mol. The van der Waals surface area contributed by atoms with Crippen LogP contribution in [0.3, 0.4) is 0 Å². The highest BCUT2D eigenvalue weighted by Crippen LogP contribution is 2.32. The largest absolute Gasteiger partial charge is 0.377 e. The van der Waals surface area contributed by atoms with Crippen molar-refractivity contribution < 1.29 is 12.6 Å². The fourth-order valence-corrected chi connectivity index (χ4v) is 3.54. The molecule has 0 aromatic heterocycles. The minimum atomic E-state index is -3.82. The summed E-state index contributed by atoms with van der Waals surface area (Å²) in [6.07, 6.45) is 0. The number of benzene rings is 2. The van der Waals surface area contributed by atoms with Crippen LogP contribution in [0.4, 0.5) is 0 Å². The summed E-state index contributed by atoms with van der Waals surface area (Å²) in [6.45, 7) is 0. The third-order valence-electron chi connectivity index (χ3n) is 2.42. The second-order valence-corrected chi connectivity index (χ2v) is 6.67. The van der Waals surface area contributed by atoms with E-state index in [0.29, 0.717) is 15.6 Å². The Labute approximate surface area is 129 Å². The van der Waals surface area contributed by atoms with Crippen LogP contribution in [0.2, 0.25) is 0 Å². The molecule has 0 aliphatic carbocycles. The molecule has 0 aliphatic rings. The van der Waals surface area contributed by atoms with E-state index in [1.54, 1.807) is 30.3 Å². The summed E-state index contributed by atoms with van der Waals surface area (Å²) in [4.78, 5) is 0.131. The van der Waals surface area contributed by atoms with Gasteiger partial charge in [0.15, 0.2) is 5.75 Å². The molecule has 6 heteroatoms. The van der Waals surface area contributed by atoms with Crippen molar-refractivity contribution >= 4 is 42.0 Å². The third-order valence-corrected chi connectivity index (χ3v) is 4.88. The molecule has 2 rings (SSSR count). The summed E-state index contributed by atoms with van der Waals surface area (Å²) in [5.41, 5.74) is 0.758. The van der Waals surface area contributed by atoms with Crippen LogP contribution in [0.15, 0.2) is 57.9 Å². The van der Waals surface area contributed by atoms with Gasteiger partial charge in [-0.15, -0.1) is 0 Å². The molecule has 0 fully saturated rings. The van der Waals surface area contributed by atoms with Crippen LogP contribution in [0.1, 0.15) is 5.56 Å². The van der Waals surface area contributed by atoms with Gasteiger partial charge in [-0.25, -0.2) is 0 Å². The zero-order valence-corrected chi connectivity index (χ0v) is 13.7. The lowest BCUT2D eigenvalue weighted by Crippen LogP contribution is -2.11. The molecule has 0 N–H and O–H groups in total. The van der Waals surface area contributed by atoms with Crippen molar-refractivity contribution in [3.05, 3.63) is 58.6 Å². The number of alkyl halides is 1. The quantitative estimate of drug-likeness (QED) is 0.567. The molecule has 2 aromatic carbocycles. The van der Waals surface area contributed by atoms with E-state index < -0.39 is 10.1 Å². The number of para-hydroxylation sites is 1. The molecule has 3 nitrogen and oxygen atoms in total. The van der Waals surface area contributed by atoms with E-state index in [2.05, 4.69) is 31.9 Å². The van der Waals surface area contributed by atoms with Gasteiger partial charge < -0.3 is 4.18 Å². The number of rotatable bonds is 4. The molecule has 0 saturated carbocycles. The molecule has 0 unspecified atom stereocenters. The van der Waals surface area contributed by atoms with Gasteiger partial charge in [-0.2, -0.15) is 8.42 Å². The van der Waals surface area contributed by atoms with E-state index >= 15 is 0 Å². The highest BCUT2D eigenvalue weighted by molar-refractivity contribution is 9.10. The van der Waals surface area contributed by atoms with Crippen molar-refractivity contribution in [1.29, 1.82) is 0 Å². The van der Waals surface area contributed by atoms with Crippen molar-refractivity contribution in [1.82, 2.24) is 0 Å². The Morgan fingerprint density at radius 3 is 2.32 bits per heavy atom. The lowest BCUT2D eigenvalue weighted by Gasteiger charge is -2.11. The zero-order chi connectivity index (χ0) is 13.9. The summed E-state index contributed by atoms with van der Waals surface area (Å²) in [7, 11) is -3.82. The van der Waals surface area contributed by atoms with Crippen LogP contribution < -0.4 is 4.18 Å². The van der Waals surface area contributed by atoms with Crippen LogP contribution in [0, 0.1) is 0 Å². The normalized spacial score (nSPS) is 11.3. The second kappa shape index (κ2) is 6.07. The average molecular weight is 406 g/mol. The fourth-order valence-electron chi connectivity index (χ4n) is 1.50. The van der Waals surface area contributed by atoms with Gasteiger partial charge in [-0.1, -0.05) is 46.3 Å². The summed E-state index contributed by atoms with van der Waals surface area (Å²) < 4.78 is 30.2. The molecule has 0 saturated heterocycles. The summed E-state index contributed by atoms with van der Waals surface area (Å²) in [6, 6.07) is 13.4. The van der Waals surface area contributed by atoms with Crippen LogP contribution in [0.25, 0.3) is 0 Å². The van der Waals surface area contributed by atoms with Gasteiger partial charge in [0.05, 0.1) is 4.47 Å². The minimum absolute atomic E-state index is 0.131. The predicted molar refractivity (Wildman–Crippen MR) is 81.0 cm³/mol. The van der Waals surface area contributed by atoms with Crippen molar-refractivity contribution in [2.24, 2.45) is 0 Å². The number of halogens is 2. The highest BCUT2D eigenvalue weighted by atomic mass is 79.9. The molecule has 0 bridgehead atoms. The first-order valence-corrected chi connectivity index (χ1v) is 8.70. The Morgan fingerprint density at radius 1 is 1.00 bits per heavy atom. The summed E-state index contributed by atoms with van der Waals surface area (Å²) in [5.74, 6) is 0.309. The Hall–Kier alpha value is -0.850. The highest BCUT2D eigenvalue weighted by Gasteiger charge is 2.19. The summed E-state index contributed by atoms with van der Waals surface area (Å²) >= 11 is 6.61. The zero-order valence-electron chi connectivity index (χ0n) is 9.71. The standard InChI is InChI=1S/C13H10Br2O3S/c14-9-10-5-4-8-12(15)13(10)18-19(16,17)11-6-2-1-3-7-11/h1-8H,9H2. The molecule has 0 amide bonds. The Bertz CT molecular complexity index is 670. The van der Waals surface area contributed by atoms with Crippen molar-refractivity contribution in [3.8, 4) is 5.75 Å². The summed E-state index contributed by atoms with van der Waals surface area (Å²) in [5, 5.41) is 0.506. The van der Waals surface area contributed by atoms with Gasteiger partial charge in [-0.3, -0.25) is 0 Å². The second-order valence-electron chi connectivity index (χ2n) is 3.71. The fraction of sp³-hybridized carbons (Fsp3) is 0.0769. The van der Waals surface area contributed by atoms with Crippen molar-refractivity contribution in [2.75, 3.05) is 0 Å². The third kappa shape index (κ3) is 3.38. The smallest absolute Gasteiger partial charge is 0.339 e. The molecule has 0 spiro atoms. The Balaban J connectivity index is 2.42. The van der Waals surface area contributed by atoms with Crippen LogP contribution >= 0.6 is 31.9 Å². The van der Waals surface area contributed by atoms with E-state index in [4.69, 9.17) is 4.18 Å². The molecule has 0 radical (unpaired) electrons. The van der Waals surface area contributed by atoms with Crippen LogP contribution in [-0.2, 0) is 15.4 Å². The first-order chi connectivity index (χ1) is 9.04. The van der Waals surface area contributed by atoms with Gasteiger partial charge in [0.25, 0.3) is 0 Å². The van der Waals surface area contributed by atoms with Gasteiger partial charge in [0, 0.05) is 10.9 Å². The van der Waals surface area contributed by atoms with Gasteiger partial charge in [0.1, 0.15) is 4.90 Å². The van der Waals surface area contributed by atoms with E-state index in [1.807, 2.05) is 6.07 Å². The van der Waals surface area contributed by atoms with Crippen LogP contribution in [0.5, 0.6) is 5.75 Å². The maximum atomic E-state index is 12.2. The molecule has 0 atom stereocenters. The topological polar surface area (TPSA) is 43.4 Å². The van der Waals surface area contributed by atoms with E-state index in [1.165, 1.54) is 12.1 Å². The van der Waals surface area contributed by atoms with E-state index in [0.717, 1.165) is 5.56 Å². The first-order valence-electron chi connectivity index (χ1n) is 5.37. The molecule has 100 valence electrons. The lowest BCUT2D eigenvalue weighted by atomic mass is 10.2. The number of hydrogen-bond acceptors (Lipinski definition) is 3. The minimum Gasteiger partial charge on any atom is -0.377 e. The van der Waals surface area contributed by atoms with Crippen molar-refractivity contribution in [3.63, 3.8) is 0 Å². The van der Waals surface area contributed by atoms with Gasteiger partial charge in [-0.05, 0) is 34.1 Å². The van der Waals surface area contributed by atoms with Gasteiger partial charge >= 0.3 is 10.1 Å².